The third-order valence-corrected chi connectivity index (χ3v) is 4.64. The quantitative estimate of drug-likeness (QED) is 0.221. The van der Waals surface area contributed by atoms with Gasteiger partial charge in [-0.1, -0.05) is 0 Å². The minimum absolute atomic E-state index is 0.588. The Labute approximate surface area is 195 Å². The van der Waals surface area contributed by atoms with Gasteiger partial charge in [0.15, 0.2) is 0 Å². The van der Waals surface area contributed by atoms with E-state index < -0.39 is 71.0 Å². The standard InChI is InChI=1S/C15H6ClF18NO2/c16-15(33,34)14(31,32)13(29,30)12(27,28)11(25,26)10(23,24)9(21,22)8(19,20)7(17,18)6(36)35-4-5-2-1-3-37-5/h1-3H,4H2,(H,35,36). The van der Waals surface area contributed by atoms with E-state index >= 15 is 0 Å². The van der Waals surface area contributed by atoms with E-state index in [1.54, 1.807) is 0 Å². The van der Waals surface area contributed by atoms with Gasteiger partial charge >= 0.3 is 52.8 Å². The smallest absolute Gasteiger partial charge is 0.393 e. The average molecular weight is 610 g/mol. The molecule has 1 rings (SSSR count). The zero-order valence-corrected chi connectivity index (χ0v) is 17.2. The number of hydrogen-bond acceptors (Lipinski definition) is 2. The van der Waals surface area contributed by atoms with Crippen molar-refractivity contribution in [3.63, 3.8) is 0 Å². The first-order chi connectivity index (χ1) is 16.0. The van der Waals surface area contributed by atoms with Gasteiger partial charge in [0.1, 0.15) is 5.76 Å². The van der Waals surface area contributed by atoms with E-state index in [2.05, 4.69) is 16.0 Å². The minimum Gasteiger partial charge on any atom is -0.467 e. The number of alkyl halides is 19. The Balaban J connectivity index is 3.57. The van der Waals surface area contributed by atoms with E-state index in [0.717, 1.165) is 18.4 Å². The van der Waals surface area contributed by atoms with Crippen molar-refractivity contribution in [3.05, 3.63) is 24.2 Å². The van der Waals surface area contributed by atoms with Gasteiger partial charge in [-0.2, -0.15) is 79.0 Å². The van der Waals surface area contributed by atoms with E-state index in [1.807, 2.05) is 0 Å². The maximum Gasteiger partial charge on any atom is 0.393 e. The summed E-state index contributed by atoms with van der Waals surface area (Å²) in [5.41, 5.74) is 0. The normalized spacial score (nSPS) is 15.6. The van der Waals surface area contributed by atoms with Gasteiger partial charge in [-0.3, -0.25) is 4.79 Å². The summed E-state index contributed by atoms with van der Waals surface area (Å²) in [6.45, 7) is -1.37. The highest BCUT2D eigenvalue weighted by molar-refractivity contribution is 6.22. The summed E-state index contributed by atoms with van der Waals surface area (Å²) in [4.78, 5) is 11.2. The highest BCUT2D eigenvalue weighted by atomic mass is 35.5. The second-order valence-corrected chi connectivity index (χ2v) is 7.33. The molecule has 0 atom stereocenters. The van der Waals surface area contributed by atoms with E-state index in [9.17, 15) is 83.8 Å². The highest BCUT2D eigenvalue weighted by Crippen LogP contribution is 2.65. The molecule has 0 saturated heterocycles. The van der Waals surface area contributed by atoms with Crippen LogP contribution in [0.2, 0.25) is 0 Å². The Hall–Kier alpha value is -2.22. The fraction of sp³-hybridized carbons (Fsp3) is 0.667. The molecule has 1 N–H and O–H groups in total. The van der Waals surface area contributed by atoms with Crippen molar-refractivity contribution >= 4 is 17.5 Å². The molecule has 0 radical (unpaired) electrons. The number of amides is 1. The summed E-state index contributed by atoms with van der Waals surface area (Å²) >= 11 is 3.36. The molecule has 1 aromatic heterocycles. The van der Waals surface area contributed by atoms with Gasteiger partial charge in [0.25, 0.3) is 5.91 Å². The number of hydrogen-bond donors (Lipinski definition) is 1. The van der Waals surface area contributed by atoms with Crippen LogP contribution < -0.4 is 5.32 Å². The van der Waals surface area contributed by atoms with Gasteiger partial charge in [0.2, 0.25) is 0 Å². The largest absolute Gasteiger partial charge is 0.467 e. The predicted molar refractivity (Wildman–Crippen MR) is 80.9 cm³/mol. The Morgan fingerprint density at radius 2 is 1.00 bits per heavy atom. The lowest BCUT2D eigenvalue weighted by Crippen LogP contribution is -2.76. The summed E-state index contributed by atoms with van der Waals surface area (Å²) in [6.07, 6.45) is 0.768. The summed E-state index contributed by atoms with van der Waals surface area (Å²) in [6, 6.07) is 1.80. The number of carbonyl (C=O) groups is 1. The first-order valence-electron chi connectivity index (χ1n) is 8.40. The number of nitrogens with one attached hydrogen (secondary N) is 1. The molecule has 37 heavy (non-hydrogen) atoms. The summed E-state index contributed by atoms with van der Waals surface area (Å²) < 4.78 is 245. The van der Waals surface area contributed by atoms with Gasteiger partial charge < -0.3 is 9.73 Å². The van der Waals surface area contributed by atoms with Crippen molar-refractivity contribution in [2.45, 2.75) is 59.3 Å². The van der Waals surface area contributed by atoms with Gasteiger partial charge in [-0.05, 0) is 23.7 Å². The zero-order valence-electron chi connectivity index (χ0n) is 16.4. The molecule has 216 valence electrons. The molecule has 3 nitrogen and oxygen atoms in total. The molecule has 1 aromatic rings. The molecular formula is C15H6ClF18NO2. The van der Waals surface area contributed by atoms with Crippen molar-refractivity contribution in [1.29, 1.82) is 0 Å². The molecule has 0 fully saturated rings. The molecule has 0 spiro atoms. The maximum absolute atomic E-state index is 13.7. The third kappa shape index (κ3) is 4.43. The van der Waals surface area contributed by atoms with Crippen LogP contribution in [0, 0.1) is 0 Å². The third-order valence-electron chi connectivity index (χ3n) is 4.40. The number of rotatable bonds is 11. The minimum atomic E-state index is -8.93. The van der Waals surface area contributed by atoms with Crippen molar-refractivity contribution in [2.75, 3.05) is 0 Å². The topological polar surface area (TPSA) is 42.2 Å². The molecule has 1 amide bonds. The first-order valence-corrected chi connectivity index (χ1v) is 8.78. The molecule has 0 aliphatic rings. The van der Waals surface area contributed by atoms with Crippen molar-refractivity contribution < 1.29 is 88.2 Å². The van der Waals surface area contributed by atoms with Crippen LogP contribution >= 0.6 is 11.6 Å². The van der Waals surface area contributed by atoms with E-state index in [-0.39, 0.29) is 0 Å². The van der Waals surface area contributed by atoms with Crippen molar-refractivity contribution in [2.24, 2.45) is 0 Å². The maximum atomic E-state index is 13.7. The Bertz CT molecular complexity index is 968. The van der Waals surface area contributed by atoms with Crippen LogP contribution in [0.4, 0.5) is 79.0 Å². The molecule has 22 heteroatoms. The van der Waals surface area contributed by atoms with Crippen LogP contribution in [0.3, 0.4) is 0 Å². The second-order valence-electron chi connectivity index (χ2n) is 6.85. The molecule has 0 aliphatic heterocycles. The van der Waals surface area contributed by atoms with E-state index in [4.69, 9.17) is 0 Å². The van der Waals surface area contributed by atoms with Crippen LogP contribution in [-0.2, 0) is 11.3 Å². The number of carbonyl (C=O) groups excluding carboxylic acids is 1. The van der Waals surface area contributed by atoms with Crippen LogP contribution in [0.15, 0.2) is 22.8 Å². The average Bonchev–Trinajstić information content (AvgIpc) is 3.23. The summed E-state index contributed by atoms with van der Waals surface area (Å²) in [5.74, 6) is -71.4. The van der Waals surface area contributed by atoms with Crippen LogP contribution in [0.25, 0.3) is 0 Å². The van der Waals surface area contributed by atoms with Gasteiger partial charge in [0, 0.05) is 0 Å². The molecular weight excluding hydrogens is 604 g/mol. The molecule has 0 aliphatic carbocycles. The lowest BCUT2D eigenvalue weighted by Gasteiger charge is -2.43. The Morgan fingerprint density at radius 3 is 1.32 bits per heavy atom. The second kappa shape index (κ2) is 8.92. The lowest BCUT2D eigenvalue weighted by molar-refractivity contribution is -0.456. The molecule has 0 bridgehead atoms. The van der Waals surface area contributed by atoms with Gasteiger partial charge in [-0.25, -0.2) is 0 Å². The van der Waals surface area contributed by atoms with Gasteiger partial charge in [-0.15, -0.1) is 0 Å². The lowest BCUT2D eigenvalue weighted by atomic mass is 9.87. The highest BCUT2D eigenvalue weighted by Gasteiger charge is 2.96. The zero-order chi connectivity index (χ0) is 29.9. The molecule has 1 heterocycles. The monoisotopic (exact) mass is 609 g/mol. The van der Waals surface area contributed by atoms with Gasteiger partial charge in [0.05, 0.1) is 12.8 Å². The van der Waals surface area contributed by atoms with Crippen molar-refractivity contribution in [1.82, 2.24) is 5.32 Å². The Morgan fingerprint density at radius 1 is 0.649 bits per heavy atom. The molecule has 0 saturated carbocycles. The fourth-order valence-corrected chi connectivity index (χ4v) is 2.31. The number of halogens is 19. The molecule has 0 aromatic carbocycles. The van der Waals surface area contributed by atoms with Crippen LogP contribution in [-0.4, -0.2) is 58.7 Å². The fourth-order valence-electron chi connectivity index (χ4n) is 2.20. The predicted octanol–water partition coefficient (Wildman–Crippen LogP) is 6.81. The summed E-state index contributed by atoms with van der Waals surface area (Å²) in [5, 5.41) is -6.28. The van der Waals surface area contributed by atoms with Crippen LogP contribution in [0.1, 0.15) is 5.76 Å². The van der Waals surface area contributed by atoms with E-state index in [1.165, 1.54) is 0 Å². The van der Waals surface area contributed by atoms with E-state index in [0.29, 0.717) is 5.32 Å². The molecule has 0 unspecified atom stereocenters. The van der Waals surface area contributed by atoms with Crippen LogP contribution in [0.5, 0.6) is 0 Å². The Kier molecular flexibility index (Phi) is 7.91. The van der Waals surface area contributed by atoms with Crippen molar-refractivity contribution in [3.8, 4) is 0 Å². The first kappa shape index (κ1) is 32.8. The number of furan rings is 1. The SMILES string of the molecule is O=C(NCc1ccco1)C(F)(F)C(F)(F)C(F)(F)C(F)(F)C(F)(F)C(F)(F)C(F)(F)C(F)(F)C(F)(F)Cl. The summed E-state index contributed by atoms with van der Waals surface area (Å²) in [7, 11) is 0.